The van der Waals surface area contributed by atoms with Crippen molar-refractivity contribution in [2.75, 3.05) is 13.1 Å². The number of halogens is 1. The Balaban J connectivity index is 2.09. The third-order valence-electron chi connectivity index (χ3n) is 3.54. The molecule has 1 saturated heterocycles. The van der Waals surface area contributed by atoms with Gasteiger partial charge in [-0.05, 0) is 18.4 Å². The highest BCUT2D eigenvalue weighted by molar-refractivity contribution is 5.34. The predicted molar refractivity (Wildman–Crippen MR) is 66.2 cm³/mol. The van der Waals surface area contributed by atoms with E-state index >= 15 is 0 Å². The molecule has 4 heteroatoms. The number of nitriles is 1. The van der Waals surface area contributed by atoms with E-state index in [1.54, 1.807) is 12.1 Å². The molecule has 1 N–H and O–H groups in total. The van der Waals surface area contributed by atoms with Crippen LogP contribution in [0.25, 0.3) is 0 Å². The average molecular weight is 248 g/mol. The Bertz CT molecular complexity index is 469. The molecule has 0 spiro atoms. The van der Waals surface area contributed by atoms with Crippen molar-refractivity contribution >= 4 is 0 Å². The molecule has 0 amide bonds. The first-order valence-corrected chi connectivity index (χ1v) is 6.19. The van der Waals surface area contributed by atoms with E-state index in [2.05, 4.69) is 4.90 Å². The standard InChI is InChI=1S/C14H17FN2O/c1-10-8-17(6-5-13(10)18)9-12-4-2-3-11(7-16)14(12)15/h2-4,10,13,18H,5-6,8-9H2,1H3. The van der Waals surface area contributed by atoms with Crippen LogP contribution in [0.2, 0.25) is 0 Å². The number of hydrogen-bond acceptors (Lipinski definition) is 3. The van der Waals surface area contributed by atoms with Gasteiger partial charge in [0.2, 0.25) is 0 Å². The Morgan fingerprint density at radius 3 is 3.00 bits per heavy atom. The summed E-state index contributed by atoms with van der Waals surface area (Å²) < 4.78 is 13.9. The van der Waals surface area contributed by atoms with Gasteiger partial charge in [-0.3, -0.25) is 4.90 Å². The zero-order chi connectivity index (χ0) is 13.1. The van der Waals surface area contributed by atoms with E-state index < -0.39 is 5.82 Å². The Morgan fingerprint density at radius 2 is 2.33 bits per heavy atom. The molecule has 0 bridgehead atoms. The Kier molecular flexibility index (Phi) is 3.95. The summed E-state index contributed by atoms with van der Waals surface area (Å²) in [5.41, 5.74) is 0.648. The van der Waals surface area contributed by atoms with Gasteiger partial charge in [-0.1, -0.05) is 19.1 Å². The van der Waals surface area contributed by atoms with Crippen LogP contribution in [0.1, 0.15) is 24.5 Å². The van der Waals surface area contributed by atoms with Crippen molar-refractivity contribution in [2.45, 2.75) is 26.0 Å². The third kappa shape index (κ3) is 2.69. The topological polar surface area (TPSA) is 47.3 Å². The number of piperidine rings is 1. The minimum absolute atomic E-state index is 0.0950. The molecule has 1 aromatic rings. The van der Waals surface area contributed by atoms with Crippen LogP contribution in [-0.2, 0) is 6.54 Å². The lowest BCUT2D eigenvalue weighted by atomic mass is 9.96. The third-order valence-corrected chi connectivity index (χ3v) is 3.54. The summed E-state index contributed by atoms with van der Waals surface area (Å²) >= 11 is 0. The number of hydrogen-bond donors (Lipinski definition) is 1. The molecule has 1 aliphatic rings. The Labute approximate surface area is 106 Å². The van der Waals surface area contributed by atoms with E-state index in [1.165, 1.54) is 6.07 Å². The predicted octanol–water partition coefficient (Wildman–Crippen LogP) is 1.90. The molecule has 2 unspecified atom stereocenters. The van der Waals surface area contributed by atoms with Crippen LogP contribution < -0.4 is 0 Å². The van der Waals surface area contributed by atoms with Gasteiger partial charge in [0.25, 0.3) is 0 Å². The van der Waals surface area contributed by atoms with E-state index in [9.17, 15) is 9.50 Å². The van der Waals surface area contributed by atoms with Crippen LogP contribution in [0, 0.1) is 23.1 Å². The smallest absolute Gasteiger partial charge is 0.145 e. The summed E-state index contributed by atoms with van der Waals surface area (Å²) in [6, 6.07) is 6.76. The minimum Gasteiger partial charge on any atom is -0.393 e. The first kappa shape index (κ1) is 13.0. The molecule has 1 aromatic carbocycles. The molecule has 1 heterocycles. The first-order chi connectivity index (χ1) is 8.61. The van der Waals surface area contributed by atoms with Gasteiger partial charge >= 0.3 is 0 Å². The number of aliphatic hydroxyl groups is 1. The summed E-state index contributed by atoms with van der Waals surface area (Å²) in [5.74, 6) is -0.209. The largest absolute Gasteiger partial charge is 0.393 e. The lowest BCUT2D eigenvalue weighted by Gasteiger charge is -2.34. The highest BCUT2D eigenvalue weighted by Crippen LogP contribution is 2.20. The lowest BCUT2D eigenvalue weighted by Crippen LogP contribution is -2.41. The highest BCUT2D eigenvalue weighted by Gasteiger charge is 2.24. The van der Waals surface area contributed by atoms with Gasteiger partial charge in [0.15, 0.2) is 0 Å². The van der Waals surface area contributed by atoms with Crippen LogP contribution in [-0.4, -0.2) is 29.2 Å². The summed E-state index contributed by atoms with van der Waals surface area (Å²) in [6.45, 7) is 4.02. The number of aliphatic hydroxyl groups excluding tert-OH is 1. The van der Waals surface area contributed by atoms with Gasteiger partial charge in [-0.15, -0.1) is 0 Å². The minimum atomic E-state index is -0.418. The van der Waals surface area contributed by atoms with Crippen molar-refractivity contribution in [2.24, 2.45) is 5.92 Å². The quantitative estimate of drug-likeness (QED) is 0.869. The molecule has 96 valence electrons. The Morgan fingerprint density at radius 1 is 1.56 bits per heavy atom. The van der Waals surface area contributed by atoms with Crippen molar-refractivity contribution in [1.29, 1.82) is 5.26 Å². The van der Waals surface area contributed by atoms with Gasteiger partial charge in [0, 0.05) is 25.2 Å². The fraction of sp³-hybridized carbons (Fsp3) is 0.500. The molecule has 3 nitrogen and oxygen atoms in total. The second-order valence-corrected chi connectivity index (χ2v) is 4.96. The SMILES string of the molecule is CC1CN(Cc2cccc(C#N)c2F)CCC1O. The monoisotopic (exact) mass is 248 g/mol. The van der Waals surface area contributed by atoms with E-state index in [0.717, 1.165) is 19.5 Å². The summed E-state index contributed by atoms with van der Waals surface area (Å²) in [4.78, 5) is 2.12. The summed E-state index contributed by atoms with van der Waals surface area (Å²) in [7, 11) is 0. The number of benzene rings is 1. The fourth-order valence-electron chi connectivity index (χ4n) is 2.39. The Hall–Kier alpha value is -1.44. The zero-order valence-electron chi connectivity index (χ0n) is 10.4. The van der Waals surface area contributed by atoms with Gasteiger partial charge in [0.1, 0.15) is 11.9 Å². The van der Waals surface area contributed by atoms with Crippen molar-refractivity contribution in [3.8, 4) is 6.07 Å². The van der Waals surface area contributed by atoms with E-state index in [4.69, 9.17) is 5.26 Å². The molecule has 0 saturated carbocycles. The van der Waals surface area contributed by atoms with Gasteiger partial charge in [-0.25, -0.2) is 4.39 Å². The van der Waals surface area contributed by atoms with E-state index in [1.807, 2.05) is 13.0 Å². The van der Waals surface area contributed by atoms with Crippen molar-refractivity contribution < 1.29 is 9.50 Å². The normalized spacial score (nSPS) is 24.8. The molecule has 0 aromatic heterocycles. The van der Waals surface area contributed by atoms with E-state index in [0.29, 0.717) is 12.1 Å². The van der Waals surface area contributed by atoms with Crippen LogP contribution in [0.4, 0.5) is 4.39 Å². The molecule has 1 fully saturated rings. The molecule has 2 rings (SSSR count). The summed E-state index contributed by atoms with van der Waals surface area (Å²) in [5, 5.41) is 18.4. The first-order valence-electron chi connectivity index (χ1n) is 6.19. The average Bonchev–Trinajstić information content (AvgIpc) is 2.36. The van der Waals surface area contributed by atoms with Crippen LogP contribution >= 0.6 is 0 Å². The zero-order valence-corrected chi connectivity index (χ0v) is 10.4. The highest BCUT2D eigenvalue weighted by atomic mass is 19.1. The van der Waals surface area contributed by atoms with Crippen LogP contribution in [0.3, 0.4) is 0 Å². The molecule has 0 radical (unpaired) electrons. The molecule has 0 aliphatic carbocycles. The molecule has 2 atom stereocenters. The second kappa shape index (κ2) is 5.47. The number of nitrogens with zero attached hydrogens (tertiary/aromatic N) is 2. The maximum absolute atomic E-state index is 13.9. The molecule has 1 aliphatic heterocycles. The number of likely N-dealkylation sites (tertiary alicyclic amines) is 1. The maximum atomic E-state index is 13.9. The van der Waals surface area contributed by atoms with Gasteiger partial charge in [-0.2, -0.15) is 5.26 Å². The van der Waals surface area contributed by atoms with Crippen LogP contribution in [0.15, 0.2) is 18.2 Å². The van der Waals surface area contributed by atoms with Crippen molar-refractivity contribution in [3.05, 3.63) is 35.1 Å². The van der Waals surface area contributed by atoms with Crippen LogP contribution in [0.5, 0.6) is 0 Å². The van der Waals surface area contributed by atoms with E-state index in [-0.39, 0.29) is 17.6 Å². The van der Waals surface area contributed by atoms with Crippen molar-refractivity contribution in [3.63, 3.8) is 0 Å². The molecular weight excluding hydrogens is 231 g/mol. The second-order valence-electron chi connectivity index (χ2n) is 4.96. The maximum Gasteiger partial charge on any atom is 0.145 e. The number of rotatable bonds is 2. The van der Waals surface area contributed by atoms with Crippen molar-refractivity contribution in [1.82, 2.24) is 4.90 Å². The molecular formula is C14H17FN2O. The fourth-order valence-corrected chi connectivity index (χ4v) is 2.39. The summed E-state index contributed by atoms with van der Waals surface area (Å²) in [6.07, 6.45) is 0.470. The lowest BCUT2D eigenvalue weighted by molar-refractivity contribution is 0.0316. The molecule has 18 heavy (non-hydrogen) atoms. The van der Waals surface area contributed by atoms with Gasteiger partial charge < -0.3 is 5.11 Å². The van der Waals surface area contributed by atoms with Gasteiger partial charge in [0.05, 0.1) is 11.7 Å².